The molecule has 1 aromatic heterocycles. The largest absolute Gasteiger partial charge is 0.481 e. The van der Waals surface area contributed by atoms with Gasteiger partial charge < -0.3 is 9.67 Å². The van der Waals surface area contributed by atoms with Gasteiger partial charge in [0.25, 0.3) is 0 Å². The third-order valence-electron chi connectivity index (χ3n) is 2.24. The number of carbonyl (C=O) groups is 1. The molecule has 1 fully saturated rings. The summed E-state index contributed by atoms with van der Waals surface area (Å²) in [5.74, 6) is 0.110. The van der Waals surface area contributed by atoms with E-state index in [9.17, 15) is 4.79 Å². The lowest BCUT2D eigenvalue weighted by atomic mass is 10.3. The first-order chi connectivity index (χ1) is 6.16. The minimum Gasteiger partial charge on any atom is -0.481 e. The van der Waals surface area contributed by atoms with Crippen LogP contribution < -0.4 is 0 Å². The number of imidazole rings is 1. The molecule has 4 heteroatoms. The maximum Gasteiger partial charge on any atom is 0.309 e. The SMILES string of the molecule is Cc1nc(CC(=O)O)cn1C1CC1. The third kappa shape index (κ3) is 1.71. The molecule has 1 aliphatic rings. The Bertz CT molecular complexity index is 339. The molecule has 70 valence electrons. The average molecular weight is 180 g/mol. The van der Waals surface area contributed by atoms with Gasteiger partial charge in [-0.1, -0.05) is 0 Å². The third-order valence-corrected chi connectivity index (χ3v) is 2.24. The van der Waals surface area contributed by atoms with Crippen molar-refractivity contribution in [3.63, 3.8) is 0 Å². The number of aliphatic carboxylic acids is 1. The second kappa shape index (κ2) is 2.87. The summed E-state index contributed by atoms with van der Waals surface area (Å²) >= 11 is 0. The van der Waals surface area contributed by atoms with E-state index in [1.807, 2.05) is 13.1 Å². The Hall–Kier alpha value is -1.32. The molecule has 0 bridgehead atoms. The van der Waals surface area contributed by atoms with Gasteiger partial charge in [0.15, 0.2) is 0 Å². The number of carboxylic acid groups (broad SMARTS) is 1. The van der Waals surface area contributed by atoms with Crippen LogP contribution >= 0.6 is 0 Å². The highest BCUT2D eigenvalue weighted by Crippen LogP contribution is 2.35. The molecule has 1 aliphatic carbocycles. The van der Waals surface area contributed by atoms with E-state index >= 15 is 0 Å². The number of aromatic nitrogens is 2. The molecule has 0 aliphatic heterocycles. The molecule has 0 amide bonds. The highest BCUT2D eigenvalue weighted by molar-refractivity contribution is 5.69. The van der Waals surface area contributed by atoms with Gasteiger partial charge in [-0.25, -0.2) is 4.98 Å². The summed E-state index contributed by atoms with van der Waals surface area (Å²) in [4.78, 5) is 14.6. The highest BCUT2D eigenvalue weighted by atomic mass is 16.4. The van der Waals surface area contributed by atoms with Crippen LogP contribution in [0.5, 0.6) is 0 Å². The Balaban J connectivity index is 2.19. The lowest BCUT2D eigenvalue weighted by Crippen LogP contribution is -1.99. The second-order valence-electron chi connectivity index (χ2n) is 3.49. The van der Waals surface area contributed by atoms with Crippen molar-refractivity contribution in [2.45, 2.75) is 32.2 Å². The average Bonchev–Trinajstić information content (AvgIpc) is 2.77. The summed E-state index contributed by atoms with van der Waals surface area (Å²) in [5, 5.41) is 8.57. The van der Waals surface area contributed by atoms with E-state index in [0.717, 1.165) is 5.82 Å². The fraction of sp³-hybridized carbons (Fsp3) is 0.556. The standard InChI is InChI=1S/C9H12N2O2/c1-6-10-7(4-9(12)13)5-11(6)8-2-3-8/h5,8H,2-4H2,1H3,(H,12,13). The van der Waals surface area contributed by atoms with Gasteiger partial charge in [-0.2, -0.15) is 0 Å². The van der Waals surface area contributed by atoms with E-state index < -0.39 is 5.97 Å². The lowest BCUT2D eigenvalue weighted by Gasteiger charge is -1.98. The number of nitrogens with zero attached hydrogens (tertiary/aromatic N) is 2. The van der Waals surface area contributed by atoms with Crippen LogP contribution in [0.25, 0.3) is 0 Å². The maximum atomic E-state index is 10.4. The van der Waals surface area contributed by atoms with Crippen LogP contribution in [0.4, 0.5) is 0 Å². The maximum absolute atomic E-state index is 10.4. The molecule has 0 spiro atoms. The van der Waals surface area contributed by atoms with Gasteiger partial charge >= 0.3 is 5.97 Å². The van der Waals surface area contributed by atoms with Gasteiger partial charge in [0.2, 0.25) is 0 Å². The van der Waals surface area contributed by atoms with E-state index in [1.165, 1.54) is 12.8 Å². The van der Waals surface area contributed by atoms with Crippen molar-refractivity contribution in [2.75, 3.05) is 0 Å². The number of carboxylic acids is 1. The van der Waals surface area contributed by atoms with E-state index in [0.29, 0.717) is 11.7 Å². The van der Waals surface area contributed by atoms with E-state index in [-0.39, 0.29) is 6.42 Å². The molecule has 1 aromatic rings. The van der Waals surface area contributed by atoms with Crippen molar-refractivity contribution in [1.82, 2.24) is 9.55 Å². The van der Waals surface area contributed by atoms with Crippen LogP contribution in [0.2, 0.25) is 0 Å². The van der Waals surface area contributed by atoms with Crippen LogP contribution in [-0.4, -0.2) is 20.6 Å². The number of rotatable bonds is 3. The molecule has 1 saturated carbocycles. The predicted molar refractivity (Wildman–Crippen MR) is 46.6 cm³/mol. The summed E-state index contributed by atoms with van der Waals surface area (Å²) in [6.45, 7) is 1.92. The fourth-order valence-electron chi connectivity index (χ4n) is 1.51. The van der Waals surface area contributed by atoms with Crippen molar-refractivity contribution in [1.29, 1.82) is 0 Å². The van der Waals surface area contributed by atoms with Crippen LogP contribution in [0.3, 0.4) is 0 Å². The minimum atomic E-state index is -0.819. The molecular weight excluding hydrogens is 168 g/mol. The molecule has 0 saturated heterocycles. The molecule has 0 aromatic carbocycles. The first-order valence-electron chi connectivity index (χ1n) is 4.43. The Labute approximate surface area is 76.2 Å². The van der Waals surface area contributed by atoms with Crippen LogP contribution in [0.1, 0.15) is 30.4 Å². The van der Waals surface area contributed by atoms with Crippen LogP contribution in [0.15, 0.2) is 6.20 Å². The monoisotopic (exact) mass is 180 g/mol. The molecule has 1 heterocycles. The quantitative estimate of drug-likeness (QED) is 0.759. The topological polar surface area (TPSA) is 55.1 Å². The van der Waals surface area contributed by atoms with E-state index in [4.69, 9.17) is 5.11 Å². The van der Waals surface area contributed by atoms with Gasteiger partial charge in [0, 0.05) is 12.2 Å². The molecule has 2 rings (SSSR count). The van der Waals surface area contributed by atoms with Crippen molar-refractivity contribution in [3.8, 4) is 0 Å². The minimum absolute atomic E-state index is 0.0283. The number of hydrogen-bond acceptors (Lipinski definition) is 2. The summed E-state index contributed by atoms with van der Waals surface area (Å²) in [6, 6.07) is 0.579. The summed E-state index contributed by atoms with van der Waals surface area (Å²) in [7, 11) is 0. The van der Waals surface area contributed by atoms with E-state index in [2.05, 4.69) is 9.55 Å². The van der Waals surface area contributed by atoms with E-state index in [1.54, 1.807) is 0 Å². The second-order valence-corrected chi connectivity index (χ2v) is 3.49. The molecule has 13 heavy (non-hydrogen) atoms. The number of aryl methyl sites for hydroxylation is 1. The van der Waals surface area contributed by atoms with Gasteiger partial charge in [0.1, 0.15) is 5.82 Å². The summed E-state index contributed by atoms with van der Waals surface area (Å²) < 4.78 is 2.08. The number of hydrogen-bond donors (Lipinski definition) is 1. The molecule has 1 N–H and O–H groups in total. The Morgan fingerprint density at radius 3 is 3.00 bits per heavy atom. The smallest absolute Gasteiger partial charge is 0.309 e. The van der Waals surface area contributed by atoms with Crippen LogP contribution in [0, 0.1) is 6.92 Å². The molecule has 0 radical (unpaired) electrons. The van der Waals surface area contributed by atoms with Gasteiger partial charge in [-0.05, 0) is 19.8 Å². The first-order valence-corrected chi connectivity index (χ1v) is 4.43. The molecule has 4 nitrogen and oxygen atoms in total. The van der Waals surface area contributed by atoms with Crippen molar-refractivity contribution < 1.29 is 9.90 Å². The normalized spacial score (nSPS) is 16.1. The fourth-order valence-corrected chi connectivity index (χ4v) is 1.51. The first kappa shape index (κ1) is 8.29. The summed E-state index contributed by atoms with van der Waals surface area (Å²) in [5.41, 5.74) is 0.664. The molecule has 0 unspecified atom stereocenters. The van der Waals surface area contributed by atoms with Crippen molar-refractivity contribution in [2.24, 2.45) is 0 Å². The van der Waals surface area contributed by atoms with Gasteiger partial charge in [0.05, 0.1) is 12.1 Å². The Morgan fingerprint density at radius 2 is 2.46 bits per heavy atom. The molecule has 0 atom stereocenters. The Morgan fingerprint density at radius 1 is 1.77 bits per heavy atom. The zero-order valence-corrected chi connectivity index (χ0v) is 7.53. The highest BCUT2D eigenvalue weighted by Gasteiger charge is 2.25. The van der Waals surface area contributed by atoms with Crippen LogP contribution in [-0.2, 0) is 11.2 Å². The van der Waals surface area contributed by atoms with Gasteiger partial charge in [-0.3, -0.25) is 4.79 Å². The van der Waals surface area contributed by atoms with Gasteiger partial charge in [-0.15, -0.1) is 0 Å². The lowest BCUT2D eigenvalue weighted by molar-refractivity contribution is -0.136. The predicted octanol–water partition coefficient (Wildman–Crippen LogP) is 1.15. The summed E-state index contributed by atoms with van der Waals surface area (Å²) in [6.07, 6.45) is 4.29. The molecular formula is C9H12N2O2. The van der Waals surface area contributed by atoms with Crippen molar-refractivity contribution >= 4 is 5.97 Å². The Kier molecular flexibility index (Phi) is 1.83. The zero-order chi connectivity index (χ0) is 9.42. The van der Waals surface area contributed by atoms with Crippen molar-refractivity contribution in [3.05, 3.63) is 17.7 Å². The zero-order valence-electron chi connectivity index (χ0n) is 7.53.